The SMILES string of the molecule is CC1=C\[C@@H](O)CC(=O)Cc2nc(c([Si](C)(C)C)o2)C(=O)N2CCC[C@@H]2C(=O)O[C@H](C(C)C)[C@H](C)/C=C/C(=O)NC\C=C\1. The number of carbonyl (C=O) groups is 4. The van der Waals surface area contributed by atoms with Crippen LogP contribution in [0.2, 0.25) is 19.6 Å². The van der Waals surface area contributed by atoms with Gasteiger partial charge >= 0.3 is 5.97 Å². The van der Waals surface area contributed by atoms with Crippen molar-refractivity contribution in [2.45, 2.75) is 91.3 Å². The molecule has 0 radical (unpaired) electrons. The third kappa shape index (κ3) is 8.84. The highest BCUT2D eigenvalue weighted by Crippen LogP contribution is 2.25. The Morgan fingerprint density at radius 2 is 1.86 bits per heavy atom. The van der Waals surface area contributed by atoms with Crippen molar-refractivity contribution in [2.24, 2.45) is 11.8 Å². The number of ether oxygens (including phenoxy) is 1. The van der Waals surface area contributed by atoms with Gasteiger partial charge in [0.15, 0.2) is 5.69 Å². The second kappa shape index (κ2) is 14.2. The van der Waals surface area contributed by atoms with Gasteiger partial charge < -0.3 is 24.5 Å². The van der Waals surface area contributed by atoms with Crippen LogP contribution < -0.4 is 10.7 Å². The first kappa shape index (κ1) is 33.2. The summed E-state index contributed by atoms with van der Waals surface area (Å²) in [5.41, 5.74) is 0.873. The number of fused-ring (bicyclic) bond motifs is 3. The summed E-state index contributed by atoms with van der Waals surface area (Å²) in [4.78, 5) is 58.4. The molecule has 0 aromatic carbocycles. The first-order chi connectivity index (χ1) is 19.7. The smallest absolute Gasteiger partial charge is 0.329 e. The molecule has 0 unspecified atom stereocenters. The summed E-state index contributed by atoms with van der Waals surface area (Å²) in [6, 6.07) is -0.770. The quantitative estimate of drug-likeness (QED) is 0.391. The van der Waals surface area contributed by atoms with Gasteiger partial charge in [-0.1, -0.05) is 70.3 Å². The molecule has 2 aliphatic rings. The second-order valence-corrected chi connectivity index (χ2v) is 17.6. The maximum absolute atomic E-state index is 13.9. The molecule has 1 fully saturated rings. The molecular weight excluding hydrogens is 554 g/mol. The normalized spacial score (nSPS) is 28.5. The van der Waals surface area contributed by atoms with Crippen molar-refractivity contribution in [1.82, 2.24) is 15.2 Å². The Morgan fingerprint density at radius 1 is 1.14 bits per heavy atom. The van der Waals surface area contributed by atoms with Crippen molar-refractivity contribution < 1.29 is 33.4 Å². The number of cyclic esters (lactones) is 1. The first-order valence-electron chi connectivity index (χ1n) is 14.7. The molecule has 3 heterocycles. The molecule has 10 nitrogen and oxygen atoms in total. The van der Waals surface area contributed by atoms with Crippen LogP contribution in [0, 0.1) is 11.8 Å². The van der Waals surface area contributed by atoms with Gasteiger partial charge in [0.25, 0.3) is 5.91 Å². The minimum atomic E-state index is -2.21. The Kier molecular flexibility index (Phi) is 11.3. The minimum Gasteiger partial charge on any atom is -0.460 e. The number of aliphatic hydroxyl groups is 1. The molecule has 2 aliphatic heterocycles. The van der Waals surface area contributed by atoms with E-state index in [1.54, 1.807) is 31.2 Å². The summed E-state index contributed by atoms with van der Waals surface area (Å²) in [6.07, 6.45) is 7.51. The standard InChI is InChI=1S/C31H45N3O7Si/c1-19(2)28-21(4)12-13-25(37)32-14-8-10-20(3)16-22(35)17-23(36)18-26-33-27(31(40-26)42(5,6)7)29(38)34-15-9-11-24(34)30(39)41-28/h8,10,12-13,16,19,21-22,24,28,35H,9,11,14-15,17-18H2,1-7H3,(H,32,37)/b10-8+,13-12+,20-16+/t21-,22-,24-,28-/m1/s1. The highest BCUT2D eigenvalue weighted by Gasteiger charge is 2.41. The maximum atomic E-state index is 13.9. The number of hydrogen-bond acceptors (Lipinski definition) is 8. The van der Waals surface area contributed by atoms with Crippen LogP contribution in [0.1, 0.15) is 63.3 Å². The van der Waals surface area contributed by atoms with Crippen LogP contribution in [0.3, 0.4) is 0 Å². The molecule has 42 heavy (non-hydrogen) atoms. The Balaban J connectivity index is 1.98. The molecule has 230 valence electrons. The lowest BCUT2D eigenvalue weighted by Crippen LogP contribution is -2.47. The van der Waals surface area contributed by atoms with Gasteiger partial charge in [-0.15, -0.1) is 0 Å². The zero-order valence-corrected chi connectivity index (χ0v) is 26.8. The van der Waals surface area contributed by atoms with Crippen molar-refractivity contribution >= 4 is 37.0 Å². The van der Waals surface area contributed by atoms with E-state index in [2.05, 4.69) is 10.3 Å². The number of allylic oxidation sites excluding steroid dienone is 2. The monoisotopic (exact) mass is 599 g/mol. The number of rotatable bonds is 2. The van der Waals surface area contributed by atoms with E-state index in [1.165, 1.54) is 11.0 Å². The number of hydrogen-bond donors (Lipinski definition) is 2. The molecule has 11 heteroatoms. The molecule has 1 aromatic rings. The van der Waals surface area contributed by atoms with Crippen molar-refractivity contribution in [3.05, 3.63) is 47.5 Å². The van der Waals surface area contributed by atoms with E-state index in [1.807, 2.05) is 40.4 Å². The lowest BCUT2D eigenvalue weighted by Gasteiger charge is -2.29. The van der Waals surface area contributed by atoms with Gasteiger partial charge in [-0.25, -0.2) is 9.78 Å². The van der Waals surface area contributed by atoms with E-state index < -0.39 is 38.2 Å². The van der Waals surface area contributed by atoms with E-state index in [0.717, 1.165) is 5.57 Å². The zero-order valence-electron chi connectivity index (χ0n) is 25.8. The van der Waals surface area contributed by atoms with E-state index in [9.17, 15) is 24.3 Å². The number of nitrogens with zero attached hydrogens (tertiary/aromatic N) is 2. The van der Waals surface area contributed by atoms with Crippen LogP contribution in [0.15, 0.2) is 40.4 Å². The number of nitrogens with one attached hydrogen (secondary N) is 1. The van der Waals surface area contributed by atoms with Gasteiger partial charge in [-0.2, -0.15) is 0 Å². The Bertz CT molecular complexity index is 1260. The second-order valence-electron chi connectivity index (χ2n) is 12.6. The number of Topliss-reactive ketones (excluding diaryl/α,β-unsaturated/α-hetero) is 1. The van der Waals surface area contributed by atoms with Gasteiger partial charge in [0.1, 0.15) is 31.4 Å². The fraction of sp³-hybridized carbons (Fsp3) is 0.581. The lowest BCUT2D eigenvalue weighted by atomic mass is 9.94. The molecule has 1 saturated heterocycles. The van der Waals surface area contributed by atoms with E-state index in [4.69, 9.17) is 9.15 Å². The lowest BCUT2D eigenvalue weighted by molar-refractivity contribution is -0.158. The third-order valence-corrected chi connectivity index (χ3v) is 9.04. The largest absolute Gasteiger partial charge is 0.460 e. The number of aromatic nitrogens is 1. The van der Waals surface area contributed by atoms with Crippen LogP contribution in [-0.2, 0) is 25.5 Å². The number of ketones is 1. The zero-order chi connectivity index (χ0) is 31.2. The topological polar surface area (TPSA) is 139 Å². The van der Waals surface area contributed by atoms with Crippen molar-refractivity contribution in [2.75, 3.05) is 13.1 Å². The Morgan fingerprint density at radius 3 is 2.52 bits per heavy atom. The minimum absolute atomic E-state index is 0.0288. The van der Waals surface area contributed by atoms with Gasteiger partial charge in [0, 0.05) is 25.4 Å². The summed E-state index contributed by atoms with van der Waals surface area (Å²) < 4.78 is 12.0. The highest BCUT2D eigenvalue weighted by atomic mass is 28.3. The van der Waals surface area contributed by atoms with Crippen LogP contribution in [0.5, 0.6) is 0 Å². The first-order valence-corrected chi connectivity index (χ1v) is 18.2. The van der Waals surface area contributed by atoms with Crippen LogP contribution >= 0.6 is 0 Å². The summed E-state index contributed by atoms with van der Waals surface area (Å²) in [5.74, 6) is -1.62. The Hall–Kier alpha value is -3.31. The van der Waals surface area contributed by atoms with E-state index in [0.29, 0.717) is 24.8 Å². The number of oxazole rings is 1. The molecule has 3 rings (SSSR count). The van der Waals surface area contributed by atoms with Crippen molar-refractivity contribution in [3.63, 3.8) is 0 Å². The number of esters is 1. The maximum Gasteiger partial charge on any atom is 0.329 e. The molecule has 0 saturated carbocycles. The van der Waals surface area contributed by atoms with Crippen LogP contribution in [-0.4, -0.2) is 78.0 Å². The number of aliphatic hydroxyl groups excluding tert-OH is 1. The fourth-order valence-electron chi connectivity index (χ4n) is 5.25. The predicted molar refractivity (Wildman–Crippen MR) is 162 cm³/mol. The number of carbonyl (C=O) groups excluding carboxylic acids is 4. The average Bonchev–Trinajstić information content (AvgIpc) is 3.54. The molecule has 2 bridgehead atoms. The molecule has 4 atom stereocenters. The summed E-state index contributed by atoms with van der Waals surface area (Å²) >= 11 is 0. The van der Waals surface area contributed by atoms with Crippen LogP contribution in [0.4, 0.5) is 0 Å². The molecule has 1 aromatic heterocycles. The van der Waals surface area contributed by atoms with Gasteiger partial charge in [-0.05, 0) is 31.8 Å². The van der Waals surface area contributed by atoms with E-state index in [-0.39, 0.29) is 54.5 Å². The summed E-state index contributed by atoms with van der Waals surface area (Å²) in [5, 5.41) is 13.7. The van der Waals surface area contributed by atoms with Gasteiger partial charge in [0.2, 0.25) is 11.8 Å². The van der Waals surface area contributed by atoms with Crippen LogP contribution in [0.25, 0.3) is 0 Å². The van der Waals surface area contributed by atoms with Crippen molar-refractivity contribution in [3.8, 4) is 0 Å². The average molecular weight is 600 g/mol. The molecule has 0 spiro atoms. The van der Waals surface area contributed by atoms with E-state index >= 15 is 0 Å². The number of amides is 2. The van der Waals surface area contributed by atoms with Gasteiger partial charge in [0.05, 0.1) is 12.5 Å². The van der Waals surface area contributed by atoms with Crippen molar-refractivity contribution in [1.29, 1.82) is 0 Å². The summed E-state index contributed by atoms with van der Waals surface area (Å²) in [6.45, 7) is 14.3. The molecular formula is C31H45N3O7Si. The molecule has 2 N–H and O–H groups in total. The Labute approximate surface area is 249 Å². The highest BCUT2D eigenvalue weighted by molar-refractivity contribution is 6.88. The van der Waals surface area contributed by atoms with Gasteiger partial charge in [-0.3, -0.25) is 14.4 Å². The fourth-order valence-corrected chi connectivity index (χ4v) is 6.55. The molecule has 0 aliphatic carbocycles. The molecule has 2 amide bonds. The third-order valence-electron chi connectivity index (χ3n) is 7.33. The predicted octanol–water partition coefficient (Wildman–Crippen LogP) is 3.08. The summed E-state index contributed by atoms with van der Waals surface area (Å²) in [7, 11) is -2.21.